The van der Waals surface area contributed by atoms with Crippen molar-refractivity contribution in [3.8, 4) is 5.75 Å². The van der Waals surface area contributed by atoms with Gasteiger partial charge in [0.2, 0.25) is 0 Å². The molecule has 28 heavy (non-hydrogen) atoms. The maximum absolute atomic E-state index is 9.54. The molecule has 2 aromatic carbocycles. The molecular weight excluding hydrogens is 366 g/mol. The molecule has 4 heteroatoms. The van der Waals surface area contributed by atoms with E-state index in [1.54, 1.807) is 7.11 Å². The van der Waals surface area contributed by atoms with Gasteiger partial charge in [-0.3, -0.25) is 0 Å². The van der Waals surface area contributed by atoms with E-state index in [0.29, 0.717) is 5.92 Å². The summed E-state index contributed by atoms with van der Waals surface area (Å²) in [6.07, 6.45) is 6.55. The maximum atomic E-state index is 9.54. The summed E-state index contributed by atoms with van der Waals surface area (Å²) in [6.45, 7) is 0.0992. The lowest BCUT2D eigenvalue weighted by molar-refractivity contribution is 0.198. The van der Waals surface area contributed by atoms with Gasteiger partial charge in [-0.1, -0.05) is 18.2 Å². The van der Waals surface area contributed by atoms with Crippen molar-refractivity contribution in [1.82, 2.24) is 0 Å². The Labute approximate surface area is 172 Å². The van der Waals surface area contributed by atoms with Crippen LogP contribution >= 0.6 is 11.8 Å². The Morgan fingerprint density at radius 3 is 2.68 bits per heavy atom. The van der Waals surface area contributed by atoms with Crippen molar-refractivity contribution in [2.75, 3.05) is 19.5 Å². The molecule has 0 aromatic heterocycles. The minimum Gasteiger partial charge on any atom is -0.497 e. The number of fused-ring (bicyclic) bond motifs is 1. The molecule has 2 aliphatic carbocycles. The van der Waals surface area contributed by atoms with Crippen molar-refractivity contribution in [3.05, 3.63) is 59.2 Å². The zero-order valence-corrected chi connectivity index (χ0v) is 17.5. The molecule has 3 nitrogen and oxygen atoms in total. The number of aryl methyl sites for hydroxylation is 1. The predicted molar refractivity (Wildman–Crippen MR) is 116 cm³/mol. The summed E-state index contributed by atoms with van der Waals surface area (Å²) < 4.78 is 5.24. The molecule has 0 saturated heterocycles. The number of benzene rings is 2. The second-order valence-electron chi connectivity index (χ2n) is 8.58. The largest absolute Gasteiger partial charge is 0.497 e. The molecular formula is C24H31NO2S. The Morgan fingerprint density at radius 2 is 1.96 bits per heavy atom. The first-order valence-corrected chi connectivity index (χ1v) is 11.4. The number of rotatable bonds is 6. The number of hydrogen-bond donors (Lipinski definition) is 2. The lowest BCUT2D eigenvalue weighted by atomic mass is 9.82. The highest BCUT2D eigenvalue weighted by atomic mass is 32.2. The van der Waals surface area contributed by atoms with E-state index in [1.165, 1.54) is 46.6 Å². The number of hydrogen-bond acceptors (Lipinski definition) is 4. The monoisotopic (exact) mass is 397 g/mol. The molecule has 1 unspecified atom stereocenters. The van der Waals surface area contributed by atoms with Crippen LogP contribution in [-0.2, 0) is 12.8 Å². The number of methoxy groups -OCH3 is 1. The molecule has 150 valence electrons. The van der Waals surface area contributed by atoms with Crippen molar-refractivity contribution < 1.29 is 9.84 Å². The average Bonchev–Trinajstić information content (AvgIpc) is 3.15. The quantitative estimate of drug-likeness (QED) is 0.702. The SMILES string of the molecule is COc1ccc(SCC2CCc3cc([C@H]4CC[C@](N)(CO)C4)ccc3C2)cc1. The lowest BCUT2D eigenvalue weighted by Gasteiger charge is -2.26. The van der Waals surface area contributed by atoms with Crippen LogP contribution in [0.15, 0.2) is 47.4 Å². The van der Waals surface area contributed by atoms with Crippen molar-refractivity contribution in [3.63, 3.8) is 0 Å². The van der Waals surface area contributed by atoms with E-state index in [-0.39, 0.29) is 12.1 Å². The highest BCUT2D eigenvalue weighted by molar-refractivity contribution is 7.99. The van der Waals surface area contributed by atoms with E-state index in [2.05, 4.69) is 30.3 Å². The molecule has 1 fully saturated rings. The van der Waals surface area contributed by atoms with E-state index in [1.807, 2.05) is 23.9 Å². The second kappa shape index (κ2) is 8.48. The van der Waals surface area contributed by atoms with Gasteiger partial charge in [0.1, 0.15) is 5.75 Å². The first kappa shape index (κ1) is 19.8. The highest BCUT2D eigenvalue weighted by Crippen LogP contribution is 2.41. The maximum Gasteiger partial charge on any atom is 0.118 e. The van der Waals surface area contributed by atoms with Crippen molar-refractivity contribution >= 4 is 11.8 Å². The number of nitrogens with two attached hydrogens (primary N) is 1. The molecule has 0 bridgehead atoms. The number of thioether (sulfide) groups is 1. The van der Waals surface area contributed by atoms with Crippen molar-refractivity contribution in [2.24, 2.45) is 11.7 Å². The fraction of sp³-hybridized carbons (Fsp3) is 0.500. The third kappa shape index (κ3) is 4.40. The van der Waals surface area contributed by atoms with Crippen molar-refractivity contribution in [2.45, 2.75) is 54.9 Å². The van der Waals surface area contributed by atoms with Crippen LogP contribution in [0, 0.1) is 5.92 Å². The number of aliphatic hydroxyl groups excluding tert-OH is 1. The van der Waals surface area contributed by atoms with Crippen LogP contribution in [0.3, 0.4) is 0 Å². The first-order valence-electron chi connectivity index (χ1n) is 10.4. The Kier molecular flexibility index (Phi) is 6.00. The Bertz CT molecular complexity index is 807. The molecule has 1 saturated carbocycles. The van der Waals surface area contributed by atoms with E-state index >= 15 is 0 Å². The topological polar surface area (TPSA) is 55.5 Å². The summed E-state index contributed by atoms with van der Waals surface area (Å²) in [4.78, 5) is 1.32. The van der Waals surface area contributed by atoms with Crippen LogP contribution in [0.2, 0.25) is 0 Å². The number of aliphatic hydroxyl groups is 1. The van der Waals surface area contributed by atoms with Gasteiger partial charge in [0.15, 0.2) is 0 Å². The van der Waals surface area contributed by atoms with Crippen LogP contribution in [0.1, 0.15) is 48.3 Å². The van der Waals surface area contributed by atoms with Gasteiger partial charge in [-0.05, 0) is 91.3 Å². The normalized spacial score (nSPS) is 26.8. The van der Waals surface area contributed by atoms with E-state index in [4.69, 9.17) is 10.5 Å². The summed E-state index contributed by atoms with van der Waals surface area (Å²) in [5.74, 6) is 3.33. The molecule has 0 spiro atoms. The predicted octanol–water partition coefficient (Wildman–Crippen LogP) is 4.55. The molecule has 3 atom stereocenters. The molecule has 0 aliphatic heterocycles. The molecule has 2 aliphatic rings. The standard InChI is InChI=1S/C24H31NO2S/c1-27-22-6-8-23(9-7-22)28-15-17-2-3-19-13-20(5-4-18(19)12-17)21-10-11-24(25,14-21)16-26/h4-9,13,17,21,26H,2-3,10-12,14-16,25H2,1H3/t17?,21-,24+/m0/s1. The minimum absolute atomic E-state index is 0.0992. The molecule has 3 N–H and O–H groups in total. The summed E-state index contributed by atoms with van der Waals surface area (Å²) in [6, 6.07) is 15.5. The minimum atomic E-state index is -0.371. The third-order valence-corrected chi connectivity index (χ3v) is 7.78. The summed E-state index contributed by atoms with van der Waals surface area (Å²) >= 11 is 1.95. The van der Waals surface area contributed by atoms with Gasteiger partial charge >= 0.3 is 0 Å². The molecule has 2 aromatic rings. The smallest absolute Gasteiger partial charge is 0.118 e. The highest BCUT2D eigenvalue weighted by Gasteiger charge is 2.36. The zero-order valence-electron chi connectivity index (χ0n) is 16.7. The van der Waals surface area contributed by atoms with Crippen LogP contribution in [-0.4, -0.2) is 30.1 Å². The van der Waals surface area contributed by atoms with Gasteiger partial charge in [0.05, 0.1) is 13.7 Å². The second-order valence-corrected chi connectivity index (χ2v) is 9.68. The van der Waals surface area contributed by atoms with Gasteiger partial charge < -0.3 is 15.6 Å². The van der Waals surface area contributed by atoms with Gasteiger partial charge in [0.25, 0.3) is 0 Å². The fourth-order valence-electron chi connectivity index (χ4n) is 4.72. The molecule has 4 rings (SSSR count). The summed E-state index contributed by atoms with van der Waals surface area (Å²) in [5.41, 5.74) is 10.4. The Morgan fingerprint density at radius 1 is 1.14 bits per heavy atom. The van der Waals surface area contributed by atoms with Crippen molar-refractivity contribution in [1.29, 1.82) is 0 Å². The van der Waals surface area contributed by atoms with Crippen LogP contribution in [0.25, 0.3) is 0 Å². The Hall–Kier alpha value is -1.49. The summed E-state index contributed by atoms with van der Waals surface area (Å²) in [7, 11) is 1.71. The number of ether oxygens (including phenoxy) is 1. The zero-order chi connectivity index (χ0) is 19.6. The van der Waals surface area contributed by atoms with Gasteiger partial charge in [-0.25, -0.2) is 0 Å². The molecule has 0 heterocycles. The van der Waals surface area contributed by atoms with E-state index in [9.17, 15) is 5.11 Å². The third-order valence-electron chi connectivity index (χ3n) is 6.54. The van der Waals surface area contributed by atoms with E-state index in [0.717, 1.165) is 30.9 Å². The van der Waals surface area contributed by atoms with Gasteiger partial charge in [0, 0.05) is 16.2 Å². The van der Waals surface area contributed by atoms with Crippen LogP contribution in [0.5, 0.6) is 5.75 Å². The molecule has 0 amide bonds. The van der Waals surface area contributed by atoms with Gasteiger partial charge in [-0.2, -0.15) is 0 Å². The lowest BCUT2D eigenvalue weighted by Crippen LogP contribution is -2.40. The van der Waals surface area contributed by atoms with Crippen LogP contribution < -0.4 is 10.5 Å². The molecule has 0 radical (unpaired) electrons. The van der Waals surface area contributed by atoms with Crippen LogP contribution in [0.4, 0.5) is 0 Å². The van der Waals surface area contributed by atoms with Gasteiger partial charge in [-0.15, -0.1) is 11.8 Å². The fourth-order valence-corrected chi connectivity index (χ4v) is 5.76. The first-order chi connectivity index (χ1) is 13.6. The summed E-state index contributed by atoms with van der Waals surface area (Å²) in [5, 5.41) is 9.54. The Balaban J connectivity index is 1.35. The van der Waals surface area contributed by atoms with E-state index < -0.39 is 0 Å². The average molecular weight is 398 g/mol.